The van der Waals surface area contributed by atoms with Gasteiger partial charge >= 0.3 is 0 Å². The summed E-state index contributed by atoms with van der Waals surface area (Å²) < 4.78 is 21.0. The molecule has 0 amide bonds. The lowest BCUT2D eigenvalue weighted by Crippen LogP contribution is -2.07. The maximum atomic E-state index is 13.9. The van der Waals surface area contributed by atoms with Crippen LogP contribution in [0.5, 0.6) is 5.75 Å². The van der Waals surface area contributed by atoms with Gasteiger partial charge in [-0.15, -0.1) is 0 Å². The van der Waals surface area contributed by atoms with E-state index < -0.39 is 5.82 Å². The molecule has 6 heteroatoms. The molecule has 2 N–H and O–H groups in total. The molecule has 0 fully saturated rings. The highest BCUT2D eigenvalue weighted by Gasteiger charge is 2.13. The molecule has 0 saturated carbocycles. The maximum Gasteiger partial charge on any atom is 0.165 e. The molecular weight excluding hydrogens is 281 g/mol. The molecule has 0 aliphatic carbocycles. The summed E-state index contributed by atoms with van der Waals surface area (Å²) in [5.41, 5.74) is 7.86. The van der Waals surface area contributed by atoms with E-state index in [4.69, 9.17) is 22.1 Å². The molecular formula is C14H17ClFN3O. The van der Waals surface area contributed by atoms with Crippen LogP contribution in [-0.4, -0.2) is 9.78 Å². The molecule has 2 rings (SSSR count). The lowest BCUT2D eigenvalue weighted by atomic mass is 10.1. The molecule has 1 aromatic carbocycles. The standard InChI is InChI=1S/C14H17ClFN3O/c1-8(17)10-4-5-13(11(16)6-10)20-7-12-14(15)9(2)18-19(12)3/h4-6,8H,7,17H2,1-3H3/t8-/m0/s1. The molecule has 0 unspecified atom stereocenters. The van der Waals surface area contributed by atoms with Crippen molar-refractivity contribution < 1.29 is 9.13 Å². The summed E-state index contributed by atoms with van der Waals surface area (Å²) in [4.78, 5) is 0. The second kappa shape index (κ2) is 5.81. The Morgan fingerprint density at radius 2 is 2.20 bits per heavy atom. The zero-order valence-electron chi connectivity index (χ0n) is 11.7. The van der Waals surface area contributed by atoms with Crippen LogP contribution in [-0.2, 0) is 13.7 Å². The van der Waals surface area contributed by atoms with E-state index in [1.807, 2.05) is 6.92 Å². The van der Waals surface area contributed by atoms with Gasteiger partial charge in [-0.1, -0.05) is 17.7 Å². The summed E-state index contributed by atoms with van der Waals surface area (Å²) in [5.74, 6) is -0.265. The minimum atomic E-state index is -0.435. The van der Waals surface area contributed by atoms with Gasteiger partial charge in [0.15, 0.2) is 11.6 Å². The van der Waals surface area contributed by atoms with Crippen LogP contribution in [0, 0.1) is 12.7 Å². The molecule has 0 radical (unpaired) electrons. The number of rotatable bonds is 4. The normalized spacial score (nSPS) is 12.5. The fourth-order valence-corrected chi connectivity index (χ4v) is 2.12. The highest BCUT2D eigenvalue weighted by atomic mass is 35.5. The Morgan fingerprint density at radius 3 is 2.70 bits per heavy atom. The molecule has 2 aromatic rings. The third-order valence-corrected chi connectivity index (χ3v) is 3.60. The van der Waals surface area contributed by atoms with Crippen LogP contribution >= 0.6 is 11.6 Å². The minimum Gasteiger partial charge on any atom is -0.484 e. The molecule has 1 aromatic heterocycles. The SMILES string of the molecule is Cc1nn(C)c(COc2ccc([C@H](C)N)cc2F)c1Cl. The van der Waals surface area contributed by atoms with Crippen molar-refractivity contribution in [1.29, 1.82) is 0 Å². The van der Waals surface area contributed by atoms with Gasteiger partial charge < -0.3 is 10.5 Å². The molecule has 0 aliphatic rings. The third kappa shape index (κ3) is 2.94. The predicted octanol–water partition coefficient (Wildman–Crippen LogP) is 3.12. The highest BCUT2D eigenvalue weighted by molar-refractivity contribution is 6.31. The summed E-state index contributed by atoms with van der Waals surface area (Å²) in [7, 11) is 1.77. The van der Waals surface area contributed by atoms with Gasteiger partial charge in [0.1, 0.15) is 6.61 Å². The largest absolute Gasteiger partial charge is 0.484 e. The van der Waals surface area contributed by atoms with Crippen molar-refractivity contribution in [1.82, 2.24) is 9.78 Å². The fourth-order valence-electron chi connectivity index (χ4n) is 1.90. The Bertz CT molecular complexity index is 625. The molecule has 0 bridgehead atoms. The topological polar surface area (TPSA) is 53.1 Å². The summed E-state index contributed by atoms with van der Waals surface area (Å²) in [6.07, 6.45) is 0. The van der Waals surface area contributed by atoms with Gasteiger partial charge in [0, 0.05) is 13.1 Å². The van der Waals surface area contributed by atoms with Gasteiger partial charge in [-0.25, -0.2) is 4.39 Å². The van der Waals surface area contributed by atoms with Crippen LogP contribution in [0.2, 0.25) is 5.02 Å². The van der Waals surface area contributed by atoms with Crippen LogP contribution in [0.25, 0.3) is 0 Å². The second-order valence-electron chi connectivity index (χ2n) is 4.74. The molecule has 0 spiro atoms. The fraction of sp³-hybridized carbons (Fsp3) is 0.357. The van der Waals surface area contributed by atoms with Crippen LogP contribution < -0.4 is 10.5 Å². The van der Waals surface area contributed by atoms with E-state index in [0.29, 0.717) is 10.7 Å². The number of halogens is 2. The lowest BCUT2D eigenvalue weighted by molar-refractivity contribution is 0.280. The van der Waals surface area contributed by atoms with Gasteiger partial charge in [-0.2, -0.15) is 5.10 Å². The third-order valence-electron chi connectivity index (χ3n) is 3.11. The van der Waals surface area contributed by atoms with E-state index in [9.17, 15) is 4.39 Å². The average molecular weight is 298 g/mol. The van der Waals surface area contributed by atoms with Crippen molar-refractivity contribution >= 4 is 11.6 Å². The van der Waals surface area contributed by atoms with Crippen molar-refractivity contribution in [3.8, 4) is 5.75 Å². The second-order valence-corrected chi connectivity index (χ2v) is 5.11. The molecule has 1 heterocycles. The first kappa shape index (κ1) is 14.8. The molecule has 4 nitrogen and oxygen atoms in total. The van der Waals surface area contributed by atoms with E-state index in [2.05, 4.69) is 5.10 Å². The number of aryl methyl sites for hydroxylation is 2. The van der Waals surface area contributed by atoms with Gasteiger partial charge in [-0.3, -0.25) is 4.68 Å². The van der Waals surface area contributed by atoms with E-state index in [1.54, 1.807) is 30.8 Å². The van der Waals surface area contributed by atoms with Crippen LogP contribution in [0.15, 0.2) is 18.2 Å². The number of benzene rings is 1. The predicted molar refractivity (Wildman–Crippen MR) is 76.3 cm³/mol. The summed E-state index contributed by atoms with van der Waals surface area (Å²) in [6.45, 7) is 3.77. The lowest BCUT2D eigenvalue weighted by Gasteiger charge is -2.10. The van der Waals surface area contributed by atoms with Crippen molar-refractivity contribution in [2.75, 3.05) is 0 Å². The molecule has 0 saturated heterocycles. The minimum absolute atomic E-state index is 0.157. The van der Waals surface area contributed by atoms with Gasteiger partial charge in [0.2, 0.25) is 0 Å². The zero-order chi connectivity index (χ0) is 14.9. The number of ether oxygens (including phenoxy) is 1. The van der Waals surface area contributed by atoms with Crippen molar-refractivity contribution in [2.24, 2.45) is 12.8 Å². The molecule has 1 atom stereocenters. The number of nitrogens with two attached hydrogens (primary N) is 1. The highest BCUT2D eigenvalue weighted by Crippen LogP contribution is 2.24. The maximum absolute atomic E-state index is 13.9. The van der Waals surface area contributed by atoms with Crippen molar-refractivity contribution in [3.63, 3.8) is 0 Å². The van der Waals surface area contributed by atoms with Crippen LogP contribution in [0.3, 0.4) is 0 Å². The monoisotopic (exact) mass is 297 g/mol. The quantitative estimate of drug-likeness (QED) is 0.943. The van der Waals surface area contributed by atoms with E-state index >= 15 is 0 Å². The Kier molecular flexibility index (Phi) is 4.30. The molecule has 0 aliphatic heterocycles. The van der Waals surface area contributed by atoms with Gasteiger partial charge in [0.25, 0.3) is 0 Å². The molecule has 20 heavy (non-hydrogen) atoms. The first-order chi connectivity index (χ1) is 9.40. The zero-order valence-corrected chi connectivity index (χ0v) is 12.4. The Morgan fingerprint density at radius 1 is 1.50 bits per heavy atom. The number of hydrogen-bond donors (Lipinski definition) is 1. The smallest absolute Gasteiger partial charge is 0.165 e. The summed E-state index contributed by atoms with van der Waals surface area (Å²) in [5, 5.41) is 4.72. The Hall–Kier alpha value is -1.59. The number of hydrogen-bond acceptors (Lipinski definition) is 3. The summed E-state index contributed by atoms with van der Waals surface area (Å²) >= 11 is 6.11. The van der Waals surface area contributed by atoms with Crippen molar-refractivity contribution in [3.05, 3.63) is 46.0 Å². The molecule has 108 valence electrons. The summed E-state index contributed by atoms with van der Waals surface area (Å²) in [6, 6.07) is 4.49. The number of nitrogens with zero attached hydrogens (tertiary/aromatic N) is 2. The first-order valence-corrected chi connectivity index (χ1v) is 6.63. The Labute approximate surface area is 122 Å². The van der Waals surface area contributed by atoms with E-state index in [0.717, 1.165) is 11.3 Å². The van der Waals surface area contributed by atoms with Gasteiger partial charge in [-0.05, 0) is 31.5 Å². The average Bonchev–Trinajstić information content (AvgIpc) is 2.62. The van der Waals surface area contributed by atoms with Crippen molar-refractivity contribution in [2.45, 2.75) is 26.5 Å². The van der Waals surface area contributed by atoms with E-state index in [-0.39, 0.29) is 18.4 Å². The van der Waals surface area contributed by atoms with Crippen LogP contribution in [0.4, 0.5) is 4.39 Å². The first-order valence-electron chi connectivity index (χ1n) is 6.26. The Balaban J connectivity index is 2.15. The van der Waals surface area contributed by atoms with Crippen LogP contribution in [0.1, 0.15) is 29.9 Å². The van der Waals surface area contributed by atoms with Gasteiger partial charge in [0.05, 0.1) is 16.4 Å². The van der Waals surface area contributed by atoms with E-state index in [1.165, 1.54) is 6.07 Å². The number of aromatic nitrogens is 2.